The first-order chi connectivity index (χ1) is 2.83. The van der Waals surface area contributed by atoms with Gasteiger partial charge in [0.1, 0.15) is 0 Å². The van der Waals surface area contributed by atoms with Crippen molar-refractivity contribution in [1.82, 2.24) is 0 Å². The Morgan fingerprint density at radius 3 is 1.43 bits per heavy atom. The van der Waals surface area contributed by atoms with Crippen LogP contribution in [0, 0.1) is 0 Å². The van der Waals surface area contributed by atoms with Crippen LogP contribution in [0.1, 0.15) is 6.92 Å². The third kappa shape index (κ3) is 1570. The predicted molar refractivity (Wildman–Crippen MR) is 35.8 cm³/mol. The fraction of sp³-hybridized carbons (Fsp3) is 1.00. The van der Waals surface area contributed by atoms with Crippen LogP contribution in [0.25, 0.3) is 0 Å². The molecule has 0 saturated heterocycles. The Labute approximate surface area is 49.2 Å². The van der Waals surface area contributed by atoms with E-state index in [0.717, 1.165) is 0 Å². The van der Waals surface area contributed by atoms with Crippen LogP contribution in [0.15, 0.2) is 0 Å². The van der Waals surface area contributed by atoms with Crippen molar-refractivity contribution < 1.29 is 10.6 Å². The van der Waals surface area contributed by atoms with Crippen molar-refractivity contribution >= 4 is 11.8 Å². The number of hydrogen-bond acceptors (Lipinski definition) is 2. The van der Waals surface area contributed by atoms with E-state index >= 15 is 0 Å². The van der Waals surface area contributed by atoms with Crippen molar-refractivity contribution in [1.29, 1.82) is 0 Å². The minimum atomic E-state index is 0. The van der Waals surface area contributed by atoms with E-state index in [9.17, 15) is 0 Å². The Morgan fingerprint density at radius 1 is 1.43 bits per heavy atom. The van der Waals surface area contributed by atoms with Crippen molar-refractivity contribution in [2.45, 2.75) is 6.92 Å². The molecule has 0 aliphatic rings. The van der Waals surface area contributed by atoms with Gasteiger partial charge in [0.2, 0.25) is 0 Å². The number of hydrogen-bond donors (Lipinski definition) is 1. The zero-order valence-corrected chi connectivity index (χ0v) is 5.88. The summed E-state index contributed by atoms with van der Waals surface area (Å²) in [7, 11) is 0. The molecule has 0 aromatic rings. The molecule has 7 heavy (non-hydrogen) atoms. The molecule has 0 aromatic heterocycles. The molecular formula is C4H14O2S. The van der Waals surface area contributed by atoms with E-state index in [4.69, 9.17) is 5.11 Å². The predicted octanol–water partition coefficient (Wildman–Crippen LogP) is 0.153. The van der Waals surface area contributed by atoms with Gasteiger partial charge in [-0.15, -0.1) is 0 Å². The summed E-state index contributed by atoms with van der Waals surface area (Å²) in [4.78, 5) is 0. The highest BCUT2D eigenvalue weighted by Gasteiger charge is 1.34. The van der Waals surface area contributed by atoms with Gasteiger partial charge in [-0.2, -0.15) is 11.8 Å². The second-order valence-corrected chi connectivity index (χ2v) is 1.54. The van der Waals surface area contributed by atoms with Gasteiger partial charge in [0.15, 0.2) is 0 Å². The van der Waals surface area contributed by atoms with E-state index in [1.165, 1.54) is 0 Å². The van der Waals surface area contributed by atoms with E-state index in [2.05, 4.69) is 0 Å². The molecule has 0 unspecified atom stereocenters. The summed E-state index contributed by atoms with van der Waals surface area (Å²) >= 11 is 1.75. The second kappa shape index (κ2) is 33.8. The zero-order valence-electron chi connectivity index (χ0n) is 5.06. The van der Waals surface area contributed by atoms with Gasteiger partial charge in [-0.3, -0.25) is 0 Å². The number of aliphatic hydroxyl groups is 1. The maximum atomic E-state index is 7.57. The van der Waals surface area contributed by atoms with Crippen molar-refractivity contribution in [3.05, 3.63) is 0 Å². The third-order valence-electron chi connectivity index (χ3n) is 0. The minimum Gasteiger partial charge on any atom is -0.412 e. The molecule has 0 aliphatic carbocycles. The Kier molecular flexibility index (Phi) is 75.7. The van der Waals surface area contributed by atoms with Crippen molar-refractivity contribution in [3.63, 3.8) is 0 Å². The van der Waals surface area contributed by atoms with Gasteiger partial charge in [-0.1, -0.05) is 0 Å². The van der Waals surface area contributed by atoms with Gasteiger partial charge >= 0.3 is 0 Å². The summed E-state index contributed by atoms with van der Waals surface area (Å²) in [6, 6.07) is 0. The van der Waals surface area contributed by atoms with Gasteiger partial charge < -0.3 is 10.6 Å². The van der Waals surface area contributed by atoms with E-state index in [-0.39, 0.29) is 12.1 Å². The first-order valence-electron chi connectivity index (χ1n) is 1.84. The van der Waals surface area contributed by atoms with Crippen LogP contribution in [0.3, 0.4) is 0 Å². The molecule has 0 radical (unpaired) electrons. The summed E-state index contributed by atoms with van der Waals surface area (Å²) in [6.07, 6.45) is 4.08. The Hall–Kier alpha value is 0.270. The average molecular weight is 126 g/mol. The molecule has 48 valence electrons. The molecule has 0 fully saturated rings. The molecule has 0 aliphatic heterocycles. The van der Waals surface area contributed by atoms with Crippen LogP contribution < -0.4 is 0 Å². The molecule has 0 spiro atoms. The highest BCUT2D eigenvalue weighted by atomic mass is 32.2. The average Bonchev–Trinajstić information content (AvgIpc) is 1.39. The molecule has 3 heteroatoms. The van der Waals surface area contributed by atoms with Crippen molar-refractivity contribution in [3.8, 4) is 0 Å². The lowest BCUT2D eigenvalue weighted by molar-refractivity contribution is 0.318. The Morgan fingerprint density at radius 2 is 1.43 bits per heavy atom. The SMILES string of the molecule is CCO.CSC.O. The van der Waals surface area contributed by atoms with Crippen LogP contribution in [-0.2, 0) is 0 Å². The van der Waals surface area contributed by atoms with Crippen LogP contribution in [0.4, 0.5) is 0 Å². The minimum absolute atomic E-state index is 0. The Bertz CT molecular complexity index is 11.7. The van der Waals surface area contributed by atoms with E-state index in [1.807, 2.05) is 12.5 Å². The van der Waals surface area contributed by atoms with Crippen molar-refractivity contribution in [2.75, 3.05) is 19.1 Å². The fourth-order valence-electron chi connectivity index (χ4n) is 0. The molecular weight excluding hydrogens is 112 g/mol. The van der Waals surface area contributed by atoms with Crippen LogP contribution in [-0.4, -0.2) is 29.7 Å². The van der Waals surface area contributed by atoms with E-state index in [0.29, 0.717) is 0 Å². The van der Waals surface area contributed by atoms with Crippen LogP contribution in [0.5, 0.6) is 0 Å². The topological polar surface area (TPSA) is 51.7 Å². The summed E-state index contributed by atoms with van der Waals surface area (Å²) in [5, 5.41) is 7.57. The fourth-order valence-corrected chi connectivity index (χ4v) is 0. The smallest absolute Gasteiger partial charge is 0.0402 e. The lowest BCUT2D eigenvalue weighted by Gasteiger charge is -1.52. The normalized spacial score (nSPS) is 5.14. The number of thioether (sulfide) groups is 1. The molecule has 0 atom stereocenters. The highest BCUT2D eigenvalue weighted by Crippen LogP contribution is 1.70. The van der Waals surface area contributed by atoms with Gasteiger partial charge in [-0.05, 0) is 19.4 Å². The summed E-state index contributed by atoms with van der Waals surface area (Å²) in [5.74, 6) is 0. The van der Waals surface area contributed by atoms with E-state index < -0.39 is 0 Å². The standard InChI is InChI=1S/C2H6O.C2H6S.H2O/c1-2-3;1-3-2;/h3H,2H2,1H3;1-2H3;1H2. The molecule has 3 N–H and O–H groups in total. The van der Waals surface area contributed by atoms with Gasteiger partial charge in [0.25, 0.3) is 0 Å². The monoisotopic (exact) mass is 126 g/mol. The number of aliphatic hydroxyl groups excluding tert-OH is 1. The Balaban J connectivity index is -0.0000000400. The molecule has 0 heterocycles. The van der Waals surface area contributed by atoms with Crippen molar-refractivity contribution in [2.24, 2.45) is 0 Å². The van der Waals surface area contributed by atoms with Crippen LogP contribution >= 0.6 is 11.8 Å². The van der Waals surface area contributed by atoms with E-state index in [1.54, 1.807) is 18.7 Å². The largest absolute Gasteiger partial charge is 0.412 e. The molecule has 0 amide bonds. The first kappa shape index (κ1) is 15.7. The molecule has 0 aromatic carbocycles. The second-order valence-electron chi connectivity index (χ2n) is 0.724. The summed E-state index contributed by atoms with van der Waals surface area (Å²) < 4.78 is 0. The lowest BCUT2D eigenvalue weighted by Crippen LogP contribution is -1.57. The highest BCUT2D eigenvalue weighted by molar-refractivity contribution is 7.97. The zero-order chi connectivity index (χ0) is 5.41. The van der Waals surface area contributed by atoms with Gasteiger partial charge in [0.05, 0.1) is 0 Å². The number of rotatable bonds is 0. The molecule has 0 rings (SSSR count). The maximum absolute atomic E-state index is 7.57. The summed E-state index contributed by atoms with van der Waals surface area (Å²) in [6.45, 7) is 1.93. The third-order valence-corrected chi connectivity index (χ3v) is 0. The van der Waals surface area contributed by atoms with Crippen LogP contribution in [0.2, 0.25) is 0 Å². The molecule has 0 saturated carbocycles. The summed E-state index contributed by atoms with van der Waals surface area (Å²) in [5.41, 5.74) is 0. The molecule has 2 nitrogen and oxygen atoms in total. The quantitative estimate of drug-likeness (QED) is 0.502. The van der Waals surface area contributed by atoms with Gasteiger partial charge in [-0.25, -0.2) is 0 Å². The first-order valence-corrected chi connectivity index (χ1v) is 3.47. The maximum Gasteiger partial charge on any atom is 0.0402 e. The lowest BCUT2D eigenvalue weighted by atomic mass is 10.9. The molecule has 0 bridgehead atoms. The van der Waals surface area contributed by atoms with Gasteiger partial charge in [0, 0.05) is 6.61 Å².